The molecule has 3 aromatic rings. The highest BCUT2D eigenvalue weighted by molar-refractivity contribution is 5.77. The number of nitrogens with one attached hydrogen (secondary N) is 3. The lowest BCUT2D eigenvalue weighted by atomic mass is 9.81. The van der Waals surface area contributed by atoms with Crippen LogP contribution >= 0.6 is 0 Å². The van der Waals surface area contributed by atoms with Crippen molar-refractivity contribution in [2.24, 2.45) is 29.2 Å². The number of unbranched alkanes of at least 4 members (excludes halogenated alkanes) is 9. The second-order valence-electron chi connectivity index (χ2n) is 22.1. The minimum absolute atomic E-state index is 0.0187. The second kappa shape index (κ2) is 30.7. The van der Waals surface area contributed by atoms with Crippen LogP contribution in [-0.4, -0.2) is 138 Å². The SMILES string of the molecule is C[C@H](C(=O)O)[C@H](c1ccc2c(c1)O[C@@H](C1CCN(Cc3cc(-n4cc(CCCCCCCCCCCCC(=O)NCC[N+](C)(CCC(=O)NCCN)CCC(=O)NCCN)nn4)ccc3OC(F)(F)F)CC1)CC2)C1CC1. The van der Waals surface area contributed by atoms with E-state index in [-0.39, 0.29) is 35.5 Å². The molecule has 3 atom stereocenters. The molecule has 428 valence electrons. The van der Waals surface area contributed by atoms with Gasteiger partial charge in [-0.25, -0.2) is 4.68 Å². The summed E-state index contributed by atoms with van der Waals surface area (Å²) in [5.41, 5.74) is 15.1. The Morgan fingerprint density at radius 3 is 2.01 bits per heavy atom. The zero-order chi connectivity index (χ0) is 55.2. The summed E-state index contributed by atoms with van der Waals surface area (Å²) in [7, 11) is 2.01. The second-order valence-corrected chi connectivity index (χ2v) is 22.1. The number of carboxylic acid groups (broad SMARTS) is 1. The van der Waals surface area contributed by atoms with Gasteiger partial charge < -0.3 is 46.5 Å². The Labute approximate surface area is 453 Å². The third-order valence-corrected chi connectivity index (χ3v) is 15.9. The van der Waals surface area contributed by atoms with Crippen molar-refractivity contribution in [1.29, 1.82) is 0 Å². The molecule has 2 fully saturated rings. The van der Waals surface area contributed by atoms with E-state index in [1.54, 1.807) is 23.7 Å². The molecule has 1 aromatic heterocycles. The molecule has 0 unspecified atom stereocenters. The van der Waals surface area contributed by atoms with Gasteiger partial charge in [0.05, 0.1) is 69.6 Å². The summed E-state index contributed by atoms with van der Waals surface area (Å²) in [5.74, 6) is -0.0970. The fourth-order valence-corrected chi connectivity index (χ4v) is 11.1. The Hall–Kier alpha value is -5.31. The number of fused-ring (bicyclic) bond motifs is 1. The number of likely N-dealkylation sites (tertiary alicyclic amines) is 1. The molecule has 0 spiro atoms. The van der Waals surface area contributed by atoms with E-state index in [9.17, 15) is 37.5 Å². The molecular formula is C57H88F3N10O7+. The number of likely N-dealkylation sites (N-methyl/N-ethyl adjacent to an activating group) is 1. The molecule has 0 bridgehead atoms. The minimum Gasteiger partial charge on any atom is -0.490 e. The van der Waals surface area contributed by atoms with Crippen molar-refractivity contribution in [3.8, 4) is 17.2 Å². The lowest BCUT2D eigenvalue weighted by Crippen LogP contribution is -2.52. The molecule has 17 nitrogen and oxygen atoms in total. The summed E-state index contributed by atoms with van der Waals surface area (Å²) in [4.78, 5) is 51.2. The standard InChI is InChI=1S/C57H87F3N10O7/c1-41(56(74)75)55(44-16-17-44)45-18-15-42-19-21-49(76-51(42)38-45)43-23-32-68(33-24-43)39-46-37-48(20-22-50(46)77-57(58,59)60)69-40-47(66-67-69)13-11-9-7-5-3-4-6-8-10-12-14-52(71)65-31-36-70(2,34-25-53(72)63-29-27-61)35-26-54(73)64-30-28-62/h15,18,20,22,37-38,40-41,43-44,49,55H,3-14,16-17,19,21,23-36,39,61-62H2,1-2H3,(H3-,63,64,65,71,72,73,74,75)/p+1/t41-,49+,55-/m0/s1. The first kappa shape index (κ1) is 60.9. The highest BCUT2D eigenvalue weighted by Gasteiger charge is 2.40. The van der Waals surface area contributed by atoms with Crippen molar-refractivity contribution < 1.29 is 51.4 Å². The number of hydrogen-bond donors (Lipinski definition) is 6. The summed E-state index contributed by atoms with van der Waals surface area (Å²) in [5, 5.41) is 27.1. The number of quaternary nitrogens is 1. The van der Waals surface area contributed by atoms with Gasteiger partial charge in [0.1, 0.15) is 17.6 Å². The molecule has 3 amide bonds. The number of aryl methyl sites for hydroxylation is 2. The Kier molecular flexibility index (Phi) is 24.3. The molecule has 0 radical (unpaired) electrons. The summed E-state index contributed by atoms with van der Waals surface area (Å²) in [6.07, 6.45) is 15.1. The normalized spacial score (nSPS) is 17.0. The molecule has 20 heteroatoms. The molecule has 6 rings (SSSR count). The van der Waals surface area contributed by atoms with Gasteiger partial charge in [-0.15, -0.1) is 18.3 Å². The number of hydrogen-bond acceptors (Lipinski definition) is 11. The Morgan fingerprint density at radius 1 is 0.792 bits per heavy atom. The predicted molar refractivity (Wildman–Crippen MR) is 289 cm³/mol. The highest BCUT2D eigenvalue weighted by Crippen LogP contribution is 2.48. The lowest BCUT2D eigenvalue weighted by Gasteiger charge is -2.38. The van der Waals surface area contributed by atoms with E-state index in [1.807, 2.05) is 13.2 Å². The summed E-state index contributed by atoms with van der Waals surface area (Å²) < 4.78 is 54.1. The van der Waals surface area contributed by atoms with E-state index in [1.165, 1.54) is 6.07 Å². The van der Waals surface area contributed by atoms with Crippen LogP contribution in [0.5, 0.6) is 11.5 Å². The van der Waals surface area contributed by atoms with Crippen molar-refractivity contribution in [1.82, 2.24) is 35.8 Å². The third kappa shape index (κ3) is 20.8. The molecule has 8 N–H and O–H groups in total. The number of nitrogens with zero attached hydrogens (tertiary/aromatic N) is 5. The number of alkyl halides is 3. The van der Waals surface area contributed by atoms with Crippen molar-refractivity contribution in [2.45, 2.75) is 160 Å². The zero-order valence-electron chi connectivity index (χ0n) is 45.8. The van der Waals surface area contributed by atoms with Gasteiger partial charge in [0.25, 0.3) is 0 Å². The monoisotopic (exact) mass is 1080 g/mol. The van der Waals surface area contributed by atoms with Crippen molar-refractivity contribution in [2.75, 3.05) is 72.5 Å². The van der Waals surface area contributed by atoms with E-state index in [0.29, 0.717) is 119 Å². The van der Waals surface area contributed by atoms with Crippen LogP contribution in [-0.2, 0) is 38.6 Å². The van der Waals surface area contributed by atoms with Crippen molar-refractivity contribution >= 4 is 23.7 Å². The maximum Gasteiger partial charge on any atom is 0.573 e. The van der Waals surface area contributed by atoms with E-state index < -0.39 is 18.2 Å². The Balaban J connectivity index is 0.849. The smallest absolute Gasteiger partial charge is 0.490 e. The lowest BCUT2D eigenvalue weighted by molar-refractivity contribution is -0.907. The topological polar surface area (TPSA) is 229 Å². The van der Waals surface area contributed by atoms with E-state index in [0.717, 1.165) is 132 Å². The van der Waals surface area contributed by atoms with Gasteiger partial charge >= 0.3 is 12.3 Å². The molecule has 1 saturated carbocycles. The number of piperidine rings is 1. The number of rotatable bonds is 35. The van der Waals surface area contributed by atoms with Crippen LogP contribution in [0, 0.1) is 17.8 Å². The fourth-order valence-electron chi connectivity index (χ4n) is 11.1. The van der Waals surface area contributed by atoms with E-state index in [4.69, 9.17) is 16.2 Å². The number of amides is 3. The number of carbonyl (C=O) groups excluding carboxylic acids is 3. The number of nitrogens with two attached hydrogens (primary N) is 2. The van der Waals surface area contributed by atoms with Crippen molar-refractivity contribution in [3.63, 3.8) is 0 Å². The van der Waals surface area contributed by atoms with E-state index in [2.05, 4.69) is 54.1 Å². The molecule has 77 heavy (non-hydrogen) atoms. The predicted octanol–water partition coefficient (Wildman–Crippen LogP) is 7.31. The van der Waals surface area contributed by atoms with Crippen LogP contribution in [0.1, 0.15) is 151 Å². The number of benzene rings is 2. The van der Waals surface area contributed by atoms with Gasteiger partial charge in [0.15, 0.2) is 0 Å². The van der Waals surface area contributed by atoms with Gasteiger partial charge in [-0.2, -0.15) is 0 Å². The van der Waals surface area contributed by atoms with Crippen LogP contribution in [0.2, 0.25) is 0 Å². The molecule has 1 aliphatic carbocycles. The fraction of sp³-hybridized carbons (Fsp3) is 0.684. The molecular weight excluding hydrogens is 994 g/mol. The van der Waals surface area contributed by atoms with Gasteiger partial charge in [-0.3, -0.25) is 24.1 Å². The third-order valence-electron chi connectivity index (χ3n) is 15.9. The first-order valence-electron chi connectivity index (χ1n) is 28.6. The van der Waals surface area contributed by atoms with Crippen LogP contribution in [0.25, 0.3) is 5.69 Å². The number of carboxylic acids is 1. The maximum absolute atomic E-state index is 13.6. The van der Waals surface area contributed by atoms with Crippen molar-refractivity contribution in [3.05, 3.63) is 65.0 Å². The van der Waals surface area contributed by atoms with Gasteiger partial charge in [0, 0.05) is 44.7 Å². The average Bonchev–Trinajstić information content (AvgIpc) is 4.14. The van der Waals surface area contributed by atoms with Crippen LogP contribution < -0.4 is 36.9 Å². The first-order chi connectivity index (χ1) is 37.0. The average molecular weight is 1080 g/mol. The number of halogens is 3. The largest absolute Gasteiger partial charge is 0.573 e. The van der Waals surface area contributed by atoms with Gasteiger partial charge in [-0.05, 0) is 124 Å². The molecule has 2 aliphatic heterocycles. The number of aromatic nitrogens is 3. The summed E-state index contributed by atoms with van der Waals surface area (Å²) in [6, 6.07) is 10.9. The quantitative estimate of drug-likeness (QED) is 0.0252. The minimum atomic E-state index is -4.83. The Morgan fingerprint density at radius 2 is 1.40 bits per heavy atom. The Bertz CT molecular complexity index is 2300. The molecule has 2 aromatic carbocycles. The van der Waals surface area contributed by atoms with Crippen LogP contribution in [0.15, 0.2) is 42.6 Å². The summed E-state index contributed by atoms with van der Waals surface area (Å²) >= 11 is 0. The van der Waals surface area contributed by atoms with Crippen LogP contribution in [0.3, 0.4) is 0 Å². The number of carbonyl (C=O) groups is 4. The first-order valence-corrected chi connectivity index (χ1v) is 28.6. The maximum atomic E-state index is 13.6. The number of ether oxygens (including phenoxy) is 2. The highest BCUT2D eigenvalue weighted by atomic mass is 19.4. The summed E-state index contributed by atoms with van der Waals surface area (Å²) in [6.45, 7) is 7.23. The van der Waals surface area contributed by atoms with Gasteiger partial charge in [0.2, 0.25) is 17.7 Å². The van der Waals surface area contributed by atoms with Gasteiger partial charge in [-0.1, -0.05) is 75.6 Å². The molecule has 3 aliphatic rings. The molecule has 1 saturated heterocycles. The van der Waals surface area contributed by atoms with Crippen LogP contribution in [0.4, 0.5) is 13.2 Å². The zero-order valence-corrected chi connectivity index (χ0v) is 45.8. The number of aliphatic carboxylic acids is 1. The van der Waals surface area contributed by atoms with E-state index >= 15 is 0 Å². The molecule has 3 heterocycles.